The van der Waals surface area contributed by atoms with Crippen molar-refractivity contribution in [2.45, 2.75) is 96.4 Å². The number of hydrogen-bond donors (Lipinski definition) is 0. The zero-order valence-corrected chi connectivity index (χ0v) is 33.7. The van der Waals surface area contributed by atoms with Crippen molar-refractivity contribution in [3.63, 3.8) is 0 Å². The van der Waals surface area contributed by atoms with Gasteiger partial charge in [0, 0.05) is 0 Å². The summed E-state index contributed by atoms with van der Waals surface area (Å²) in [4.78, 5) is 0. The van der Waals surface area contributed by atoms with Gasteiger partial charge in [-0.15, -0.1) is 0 Å². The van der Waals surface area contributed by atoms with Crippen LogP contribution in [-0.2, 0) is 15.6 Å². The van der Waals surface area contributed by atoms with Crippen LogP contribution in [0.4, 0.5) is 0 Å². The summed E-state index contributed by atoms with van der Waals surface area (Å²) in [5.41, 5.74) is 14.1. The molecule has 2 atom stereocenters. The molecule has 0 heterocycles. The van der Waals surface area contributed by atoms with Crippen molar-refractivity contribution in [2.75, 3.05) is 0 Å². The number of hydrogen-bond acceptors (Lipinski definition) is 0. The number of halogens is 2. The average molecular weight is 768 g/mol. The molecular weight excluding hydrogens is 719 g/mol. The molecule has 0 spiro atoms. The number of allylic oxidation sites excluding steroid dienone is 2. The molecule has 48 heavy (non-hydrogen) atoms. The van der Waals surface area contributed by atoms with E-state index in [-0.39, 0.29) is 7.25 Å². The normalized spacial score (nSPS) is 22.5. The number of benzene rings is 4. The average Bonchev–Trinajstić information content (AvgIpc) is 3.74. The predicted molar refractivity (Wildman–Crippen MR) is 209 cm³/mol. The summed E-state index contributed by atoms with van der Waals surface area (Å²) < 4.78 is 0.0903. The Labute approximate surface area is 297 Å². The third kappa shape index (κ3) is 5.48. The van der Waals surface area contributed by atoms with Crippen molar-refractivity contribution in [3.05, 3.63) is 142 Å². The molecule has 4 aromatic rings. The molecule has 0 saturated heterocycles. The van der Waals surface area contributed by atoms with E-state index >= 15 is 0 Å². The molecule has 2 saturated carbocycles. The Morgan fingerprint density at radius 3 is 1.23 bits per heavy atom. The van der Waals surface area contributed by atoms with Gasteiger partial charge in [0.15, 0.2) is 0 Å². The molecule has 8 rings (SSSR count). The monoisotopic (exact) mass is 765 g/mol. The van der Waals surface area contributed by atoms with Gasteiger partial charge in [-0.3, -0.25) is 0 Å². The van der Waals surface area contributed by atoms with E-state index in [4.69, 9.17) is 17.0 Å². The van der Waals surface area contributed by atoms with Crippen LogP contribution in [0.2, 0.25) is 13.1 Å². The van der Waals surface area contributed by atoms with Crippen molar-refractivity contribution in [3.8, 4) is 0 Å². The van der Waals surface area contributed by atoms with E-state index in [2.05, 4.69) is 122 Å². The van der Waals surface area contributed by atoms with Crippen LogP contribution < -0.4 is 0 Å². The Morgan fingerprint density at radius 2 is 0.854 bits per heavy atom. The van der Waals surface area contributed by atoms with E-state index < -0.39 is 21.5 Å². The van der Waals surface area contributed by atoms with Crippen LogP contribution in [0.1, 0.15) is 128 Å². The molecule has 0 aromatic heterocycles. The van der Waals surface area contributed by atoms with E-state index in [0.29, 0.717) is 11.8 Å². The molecule has 4 aromatic carbocycles. The van der Waals surface area contributed by atoms with Gasteiger partial charge in [0.05, 0.1) is 0 Å². The summed E-state index contributed by atoms with van der Waals surface area (Å²) in [5, 5.41) is 0. The van der Waals surface area contributed by atoms with Crippen LogP contribution in [0.5, 0.6) is 0 Å². The van der Waals surface area contributed by atoms with Gasteiger partial charge in [-0.1, -0.05) is 0 Å². The standard InChI is InChI=1S/2C21H21.C2H7Si.2ClH.Zr/c2*1-3-8-16(9-4-1)19-14-18-12-7-13-20(21(18)15-19)17-10-5-2-6-11-17;1-3-2;;;/h2*1,3-4,7-9,12-15,17H,2,5-6,10-11H2;3H,1-2H3;2*1H;/q;;;;;+2/p-2. The van der Waals surface area contributed by atoms with Crippen LogP contribution in [-0.4, -0.2) is 5.92 Å². The summed E-state index contributed by atoms with van der Waals surface area (Å²) >= 11 is -5.01. The van der Waals surface area contributed by atoms with Gasteiger partial charge < -0.3 is 0 Å². The third-order valence-corrected chi connectivity index (χ3v) is 64.3. The predicted octanol–water partition coefficient (Wildman–Crippen LogP) is 13.7. The number of rotatable bonds is 7. The first-order valence-corrected chi connectivity index (χ1v) is 35.0. The van der Waals surface area contributed by atoms with E-state index in [1.165, 1.54) is 120 Å². The SMILES string of the molecule is C[SiH](C)[Zr]([Cl])([Cl])([CH]1C(c2ccccc2)=Cc2c(C3CCCCC3)cccc21)[CH]1C(c2ccccc2)=Cc2c(C3CCCCC3)cccc21. The van der Waals surface area contributed by atoms with Gasteiger partial charge in [0.25, 0.3) is 0 Å². The van der Waals surface area contributed by atoms with Gasteiger partial charge in [-0.25, -0.2) is 0 Å². The van der Waals surface area contributed by atoms with Crippen LogP contribution in [0, 0.1) is 0 Å². The fourth-order valence-electron chi connectivity index (χ4n) is 10.2. The first-order chi connectivity index (χ1) is 23.4. The molecule has 0 radical (unpaired) electrons. The zero-order chi connectivity index (χ0) is 32.9. The van der Waals surface area contributed by atoms with Crippen LogP contribution in [0.3, 0.4) is 0 Å². The van der Waals surface area contributed by atoms with Crippen molar-refractivity contribution in [1.82, 2.24) is 0 Å². The second-order valence-electron chi connectivity index (χ2n) is 15.5. The van der Waals surface area contributed by atoms with Gasteiger partial charge in [-0.05, 0) is 0 Å². The minimum absolute atomic E-state index is 0.0452. The quantitative estimate of drug-likeness (QED) is 0.164. The molecule has 4 aliphatic rings. The van der Waals surface area contributed by atoms with E-state index in [9.17, 15) is 0 Å². The van der Waals surface area contributed by atoms with Crippen molar-refractivity contribution >= 4 is 46.2 Å². The first-order valence-electron chi connectivity index (χ1n) is 18.7. The molecule has 4 aliphatic carbocycles. The summed E-state index contributed by atoms with van der Waals surface area (Å²) in [6, 6.07) is 36.6. The second kappa shape index (κ2) is 13.3. The van der Waals surface area contributed by atoms with Crippen LogP contribution in [0.15, 0.2) is 97.1 Å². The molecule has 247 valence electrons. The first kappa shape index (κ1) is 33.2. The molecule has 0 bridgehead atoms. The van der Waals surface area contributed by atoms with Crippen molar-refractivity contribution < 1.29 is 15.6 Å². The Bertz CT molecular complexity index is 1730. The van der Waals surface area contributed by atoms with E-state index in [0.717, 1.165) is 0 Å². The van der Waals surface area contributed by atoms with Crippen LogP contribution >= 0.6 is 17.0 Å². The van der Waals surface area contributed by atoms with Gasteiger partial charge in [-0.2, -0.15) is 0 Å². The maximum absolute atomic E-state index is 8.92. The zero-order valence-electron chi connectivity index (χ0n) is 28.6. The molecular formula is C44H49Cl2SiZr. The fraction of sp³-hybridized carbons (Fsp3) is 0.364. The van der Waals surface area contributed by atoms with E-state index in [1.807, 2.05) is 0 Å². The fourth-order valence-corrected chi connectivity index (χ4v) is 40.3. The summed E-state index contributed by atoms with van der Waals surface area (Å²) in [7, 11) is 17.8. The van der Waals surface area contributed by atoms with Gasteiger partial charge in [0.1, 0.15) is 0 Å². The Balaban J connectivity index is 1.38. The Morgan fingerprint density at radius 1 is 0.479 bits per heavy atom. The van der Waals surface area contributed by atoms with Crippen molar-refractivity contribution in [1.29, 1.82) is 0 Å². The summed E-state index contributed by atoms with van der Waals surface area (Å²) in [6.45, 7) is 4.98. The molecule has 2 unspecified atom stereocenters. The molecule has 0 N–H and O–H groups in total. The molecule has 2 fully saturated rings. The van der Waals surface area contributed by atoms with Crippen LogP contribution in [0.25, 0.3) is 23.3 Å². The van der Waals surface area contributed by atoms with E-state index in [1.54, 1.807) is 0 Å². The topological polar surface area (TPSA) is 0 Å². The second-order valence-corrected chi connectivity index (χ2v) is 58.1. The molecule has 0 aliphatic heterocycles. The number of fused-ring (bicyclic) bond motifs is 2. The Kier molecular flexibility index (Phi) is 9.20. The molecule has 4 heteroatoms. The third-order valence-electron chi connectivity index (χ3n) is 12.7. The van der Waals surface area contributed by atoms with Gasteiger partial charge >= 0.3 is 300 Å². The Hall–Kier alpha value is -1.96. The summed E-state index contributed by atoms with van der Waals surface area (Å²) in [6.07, 6.45) is 18.3. The molecule has 0 nitrogen and oxygen atoms in total. The van der Waals surface area contributed by atoms with Gasteiger partial charge in [0.2, 0.25) is 0 Å². The maximum atomic E-state index is 8.92. The van der Waals surface area contributed by atoms with Crippen molar-refractivity contribution in [2.24, 2.45) is 0 Å². The minimum atomic E-state index is -5.01. The summed E-state index contributed by atoms with van der Waals surface area (Å²) in [5.74, 6) is -0.467. The molecule has 0 amide bonds.